The van der Waals surface area contributed by atoms with Crippen molar-refractivity contribution in [3.8, 4) is 0 Å². The van der Waals surface area contributed by atoms with Gasteiger partial charge in [-0.05, 0) is 29.8 Å². The summed E-state index contributed by atoms with van der Waals surface area (Å²) in [6, 6.07) is 15.9. The number of aromatic nitrogens is 1. The van der Waals surface area contributed by atoms with Crippen LogP contribution in [0.25, 0.3) is 10.9 Å². The van der Waals surface area contributed by atoms with E-state index < -0.39 is 0 Å². The van der Waals surface area contributed by atoms with Crippen LogP contribution in [0.3, 0.4) is 0 Å². The Kier molecular flexibility index (Phi) is 6.56. The molecule has 0 bridgehead atoms. The largest absolute Gasteiger partial charge is 0.395 e. The Bertz CT molecular complexity index is 1060. The molecular weight excluding hydrogens is 397 g/mol. The standard InChI is InChI=1S/C24H26FN3O3/c1-27(10-12-29)24(30)20-14-22(26-21-5-3-2-4-19(20)21)23-16-28(11-13-31-23)15-17-6-8-18(25)9-7-17/h2-9,14,23,29H,10-13,15-16H2,1H3. The number of carbonyl (C=O) groups excluding carboxylic acids is 1. The number of ether oxygens (including phenoxy) is 1. The van der Waals surface area contributed by atoms with Gasteiger partial charge in [0.15, 0.2) is 0 Å². The minimum atomic E-state index is -0.270. The SMILES string of the molecule is CN(CCO)C(=O)c1cc(C2CN(Cc3ccc(F)cc3)CCO2)nc2ccccc12. The number of benzene rings is 2. The number of nitrogens with zero attached hydrogens (tertiary/aromatic N) is 3. The van der Waals surface area contributed by atoms with E-state index in [0.717, 1.165) is 23.0 Å². The lowest BCUT2D eigenvalue weighted by molar-refractivity contribution is -0.0348. The number of fused-ring (bicyclic) bond motifs is 1. The first kappa shape index (κ1) is 21.4. The number of hydrogen-bond donors (Lipinski definition) is 1. The second kappa shape index (κ2) is 9.51. The van der Waals surface area contributed by atoms with Crippen LogP contribution in [0.15, 0.2) is 54.6 Å². The first-order valence-electron chi connectivity index (χ1n) is 10.4. The van der Waals surface area contributed by atoms with Gasteiger partial charge in [-0.25, -0.2) is 9.37 Å². The van der Waals surface area contributed by atoms with Gasteiger partial charge in [-0.1, -0.05) is 30.3 Å². The van der Waals surface area contributed by atoms with E-state index in [-0.39, 0.29) is 31.0 Å². The lowest BCUT2D eigenvalue weighted by atomic mass is 10.0. The lowest BCUT2D eigenvalue weighted by Crippen LogP contribution is -2.38. The second-order valence-corrected chi connectivity index (χ2v) is 7.78. The highest BCUT2D eigenvalue weighted by atomic mass is 19.1. The summed E-state index contributed by atoms with van der Waals surface area (Å²) in [4.78, 5) is 21.6. The Morgan fingerprint density at radius 1 is 1.26 bits per heavy atom. The number of hydrogen-bond acceptors (Lipinski definition) is 5. The molecule has 6 nitrogen and oxygen atoms in total. The molecule has 1 N–H and O–H groups in total. The third kappa shape index (κ3) is 4.90. The van der Waals surface area contributed by atoms with Gasteiger partial charge in [0.05, 0.1) is 30.0 Å². The highest BCUT2D eigenvalue weighted by Crippen LogP contribution is 2.27. The third-order valence-electron chi connectivity index (χ3n) is 5.55. The topological polar surface area (TPSA) is 65.9 Å². The van der Waals surface area contributed by atoms with Crippen LogP contribution in [-0.4, -0.2) is 65.7 Å². The number of halogens is 1. The van der Waals surface area contributed by atoms with E-state index in [1.165, 1.54) is 17.0 Å². The van der Waals surface area contributed by atoms with Crippen LogP contribution >= 0.6 is 0 Å². The number of rotatable bonds is 6. The molecule has 3 aromatic rings. The van der Waals surface area contributed by atoms with Gasteiger partial charge < -0.3 is 14.7 Å². The minimum Gasteiger partial charge on any atom is -0.395 e. The fourth-order valence-corrected chi connectivity index (χ4v) is 3.87. The van der Waals surface area contributed by atoms with Crippen molar-refractivity contribution >= 4 is 16.8 Å². The highest BCUT2D eigenvalue weighted by molar-refractivity contribution is 6.06. The zero-order valence-corrected chi connectivity index (χ0v) is 17.5. The molecule has 0 radical (unpaired) electrons. The van der Waals surface area contributed by atoms with Crippen LogP contribution in [0.2, 0.25) is 0 Å². The van der Waals surface area contributed by atoms with Crippen molar-refractivity contribution in [1.82, 2.24) is 14.8 Å². The van der Waals surface area contributed by atoms with Gasteiger partial charge in [-0.15, -0.1) is 0 Å². The Morgan fingerprint density at radius 3 is 2.81 bits per heavy atom. The quantitative estimate of drug-likeness (QED) is 0.660. The van der Waals surface area contributed by atoms with Crippen LogP contribution in [0.4, 0.5) is 4.39 Å². The number of carbonyl (C=O) groups is 1. The van der Waals surface area contributed by atoms with Crippen molar-refractivity contribution in [3.63, 3.8) is 0 Å². The average molecular weight is 423 g/mol. The molecule has 1 aromatic heterocycles. The van der Waals surface area contributed by atoms with Crippen molar-refractivity contribution in [2.75, 3.05) is 39.9 Å². The first-order chi connectivity index (χ1) is 15.0. The van der Waals surface area contributed by atoms with E-state index >= 15 is 0 Å². The number of amides is 1. The third-order valence-corrected chi connectivity index (χ3v) is 5.55. The summed E-state index contributed by atoms with van der Waals surface area (Å²) in [6.07, 6.45) is -0.270. The van der Waals surface area contributed by atoms with Crippen molar-refractivity contribution in [2.45, 2.75) is 12.6 Å². The average Bonchev–Trinajstić information content (AvgIpc) is 2.80. The molecule has 1 aliphatic rings. The maximum Gasteiger partial charge on any atom is 0.254 e. The second-order valence-electron chi connectivity index (χ2n) is 7.78. The van der Waals surface area contributed by atoms with Gasteiger partial charge in [0, 0.05) is 38.6 Å². The van der Waals surface area contributed by atoms with Crippen LogP contribution in [0, 0.1) is 5.82 Å². The zero-order valence-electron chi connectivity index (χ0n) is 17.5. The van der Waals surface area contributed by atoms with Crippen molar-refractivity contribution < 1.29 is 19.0 Å². The molecule has 4 rings (SSSR count). The fraction of sp³-hybridized carbons (Fsp3) is 0.333. The Hall–Kier alpha value is -2.87. The summed E-state index contributed by atoms with van der Waals surface area (Å²) in [5.74, 6) is -0.403. The number of para-hydroxylation sites is 1. The van der Waals surface area contributed by atoms with Gasteiger partial charge in [0.25, 0.3) is 5.91 Å². The van der Waals surface area contributed by atoms with Gasteiger partial charge in [-0.3, -0.25) is 9.69 Å². The number of likely N-dealkylation sites (N-methyl/N-ethyl adjacent to an activating group) is 1. The van der Waals surface area contributed by atoms with E-state index in [4.69, 9.17) is 9.72 Å². The molecule has 162 valence electrons. The molecule has 1 unspecified atom stereocenters. The van der Waals surface area contributed by atoms with Gasteiger partial charge in [-0.2, -0.15) is 0 Å². The van der Waals surface area contributed by atoms with E-state index in [9.17, 15) is 14.3 Å². The molecule has 0 aliphatic carbocycles. The predicted molar refractivity (Wildman–Crippen MR) is 116 cm³/mol. The first-order valence-corrected chi connectivity index (χ1v) is 10.4. The number of morpholine rings is 1. The summed E-state index contributed by atoms with van der Waals surface area (Å²) in [5.41, 5.74) is 3.04. The van der Waals surface area contributed by atoms with E-state index in [0.29, 0.717) is 31.0 Å². The summed E-state index contributed by atoms with van der Waals surface area (Å²) in [6.45, 7) is 2.81. The molecular formula is C24H26FN3O3. The van der Waals surface area contributed by atoms with Crippen molar-refractivity contribution in [1.29, 1.82) is 0 Å². The fourth-order valence-electron chi connectivity index (χ4n) is 3.87. The summed E-state index contributed by atoms with van der Waals surface area (Å²) < 4.78 is 19.2. The molecule has 1 amide bonds. The summed E-state index contributed by atoms with van der Waals surface area (Å²) >= 11 is 0. The Morgan fingerprint density at radius 2 is 2.03 bits per heavy atom. The molecule has 0 spiro atoms. The molecule has 2 heterocycles. The predicted octanol–water partition coefficient (Wildman–Crippen LogP) is 3.01. The van der Waals surface area contributed by atoms with Crippen molar-refractivity contribution in [2.24, 2.45) is 0 Å². The molecule has 7 heteroatoms. The van der Waals surface area contributed by atoms with E-state index in [1.54, 1.807) is 19.2 Å². The zero-order chi connectivity index (χ0) is 21.8. The Labute approximate surface area is 180 Å². The maximum atomic E-state index is 13.2. The normalized spacial score (nSPS) is 17.1. The monoisotopic (exact) mass is 423 g/mol. The van der Waals surface area contributed by atoms with Crippen LogP contribution in [-0.2, 0) is 11.3 Å². The minimum absolute atomic E-state index is 0.0950. The van der Waals surface area contributed by atoms with Gasteiger partial charge in [0.1, 0.15) is 11.9 Å². The van der Waals surface area contributed by atoms with E-state index in [2.05, 4.69) is 4.90 Å². The maximum absolute atomic E-state index is 13.2. The van der Waals surface area contributed by atoms with Crippen LogP contribution in [0.1, 0.15) is 27.7 Å². The molecule has 1 saturated heterocycles. The highest BCUT2D eigenvalue weighted by Gasteiger charge is 2.26. The van der Waals surface area contributed by atoms with Gasteiger partial charge in [0.2, 0.25) is 0 Å². The van der Waals surface area contributed by atoms with Crippen LogP contribution < -0.4 is 0 Å². The molecule has 1 atom stereocenters. The summed E-state index contributed by atoms with van der Waals surface area (Å²) in [7, 11) is 1.68. The molecule has 1 fully saturated rings. The summed E-state index contributed by atoms with van der Waals surface area (Å²) in [5, 5.41) is 9.99. The molecule has 0 saturated carbocycles. The lowest BCUT2D eigenvalue weighted by Gasteiger charge is -2.33. The van der Waals surface area contributed by atoms with Gasteiger partial charge >= 0.3 is 0 Å². The molecule has 2 aromatic carbocycles. The number of aliphatic hydroxyl groups is 1. The Balaban J connectivity index is 1.60. The van der Waals surface area contributed by atoms with Crippen LogP contribution in [0.5, 0.6) is 0 Å². The van der Waals surface area contributed by atoms with Crippen molar-refractivity contribution in [3.05, 3.63) is 77.2 Å². The number of pyridine rings is 1. The molecule has 31 heavy (non-hydrogen) atoms. The van der Waals surface area contributed by atoms with E-state index in [1.807, 2.05) is 30.3 Å². The number of aliphatic hydroxyl groups excluding tert-OH is 1. The smallest absolute Gasteiger partial charge is 0.254 e. The molecule has 1 aliphatic heterocycles.